The van der Waals surface area contributed by atoms with Crippen LogP contribution in [0.1, 0.15) is 31.7 Å². The quantitative estimate of drug-likeness (QED) is 0.925. The van der Waals surface area contributed by atoms with Gasteiger partial charge >= 0.3 is 0 Å². The van der Waals surface area contributed by atoms with E-state index in [-0.39, 0.29) is 11.8 Å². The largest absolute Gasteiger partial charge is 0.342 e. The Bertz CT molecular complexity index is 533. The maximum atomic E-state index is 12.4. The van der Waals surface area contributed by atoms with E-state index in [1.807, 2.05) is 6.92 Å². The first-order chi connectivity index (χ1) is 11.1. The molecule has 2 saturated heterocycles. The second kappa shape index (κ2) is 7.02. The minimum Gasteiger partial charge on any atom is -0.342 e. The van der Waals surface area contributed by atoms with Gasteiger partial charge in [0.15, 0.2) is 0 Å². The van der Waals surface area contributed by atoms with E-state index in [1.54, 1.807) is 0 Å². The lowest BCUT2D eigenvalue weighted by Gasteiger charge is -2.40. The van der Waals surface area contributed by atoms with Gasteiger partial charge in [-0.25, -0.2) is 0 Å². The highest BCUT2D eigenvalue weighted by molar-refractivity contribution is 5.79. The Morgan fingerprint density at radius 2 is 2.00 bits per heavy atom. The van der Waals surface area contributed by atoms with E-state index in [0.717, 1.165) is 32.6 Å². The fourth-order valence-corrected chi connectivity index (χ4v) is 4.16. The smallest absolute Gasteiger partial charge is 0.226 e. The van der Waals surface area contributed by atoms with Gasteiger partial charge < -0.3 is 10.6 Å². The maximum Gasteiger partial charge on any atom is 0.226 e. The van der Waals surface area contributed by atoms with Crippen LogP contribution >= 0.6 is 0 Å². The molecule has 1 amide bonds. The minimum atomic E-state index is -0.0471. The molecule has 1 spiro atoms. The van der Waals surface area contributed by atoms with E-state index in [0.29, 0.717) is 12.0 Å². The molecule has 4 heteroatoms. The molecule has 2 aliphatic rings. The highest BCUT2D eigenvalue weighted by atomic mass is 16.2. The molecule has 0 aromatic heterocycles. The van der Waals surface area contributed by atoms with Gasteiger partial charge in [-0.2, -0.15) is 0 Å². The normalized spacial score (nSPS) is 26.6. The van der Waals surface area contributed by atoms with E-state index in [9.17, 15) is 4.79 Å². The molecular formula is C19H29N3O. The zero-order chi connectivity index (χ0) is 16.3. The van der Waals surface area contributed by atoms with E-state index in [1.165, 1.54) is 24.9 Å². The van der Waals surface area contributed by atoms with E-state index >= 15 is 0 Å². The van der Waals surface area contributed by atoms with Crippen LogP contribution in [0.3, 0.4) is 0 Å². The minimum absolute atomic E-state index is 0.0471. The van der Waals surface area contributed by atoms with Crippen LogP contribution < -0.4 is 5.73 Å². The topological polar surface area (TPSA) is 49.6 Å². The van der Waals surface area contributed by atoms with Crippen LogP contribution in [0.15, 0.2) is 30.3 Å². The van der Waals surface area contributed by atoms with Gasteiger partial charge in [-0.1, -0.05) is 37.3 Å². The van der Waals surface area contributed by atoms with Crippen LogP contribution in [-0.4, -0.2) is 48.4 Å². The Morgan fingerprint density at radius 1 is 1.22 bits per heavy atom. The number of rotatable bonds is 4. The molecule has 2 N–H and O–H groups in total. The molecule has 2 atom stereocenters. The summed E-state index contributed by atoms with van der Waals surface area (Å²) in [6.45, 7) is 7.52. The number of carbonyl (C=O) groups is 1. The highest BCUT2D eigenvalue weighted by Gasteiger charge is 2.43. The van der Waals surface area contributed by atoms with Gasteiger partial charge in [-0.15, -0.1) is 0 Å². The Balaban J connectivity index is 1.61. The first kappa shape index (κ1) is 16.5. The summed E-state index contributed by atoms with van der Waals surface area (Å²) >= 11 is 0. The second-order valence-electron chi connectivity index (χ2n) is 7.45. The highest BCUT2D eigenvalue weighted by Crippen LogP contribution is 2.39. The Kier molecular flexibility index (Phi) is 5.02. The molecule has 2 fully saturated rings. The van der Waals surface area contributed by atoms with Gasteiger partial charge in [0.25, 0.3) is 0 Å². The van der Waals surface area contributed by atoms with Crippen molar-refractivity contribution in [1.29, 1.82) is 0 Å². The molecule has 1 aromatic carbocycles. The average molecular weight is 315 g/mol. The number of nitrogens with zero attached hydrogens (tertiary/aromatic N) is 2. The van der Waals surface area contributed by atoms with Crippen molar-refractivity contribution in [1.82, 2.24) is 9.80 Å². The average Bonchev–Trinajstić information content (AvgIpc) is 2.97. The zero-order valence-electron chi connectivity index (χ0n) is 14.2. The van der Waals surface area contributed by atoms with Gasteiger partial charge in [0.2, 0.25) is 5.91 Å². The molecule has 126 valence electrons. The van der Waals surface area contributed by atoms with Gasteiger partial charge in [-0.05, 0) is 31.4 Å². The van der Waals surface area contributed by atoms with Crippen molar-refractivity contribution in [2.75, 3.05) is 32.7 Å². The summed E-state index contributed by atoms with van der Waals surface area (Å²) in [6, 6.07) is 10.7. The lowest BCUT2D eigenvalue weighted by atomic mass is 9.79. The summed E-state index contributed by atoms with van der Waals surface area (Å²) in [5.41, 5.74) is 7.35. The standard InChI is InChI=1S/C19H29N3O/c1-16(12-20)18(23)22-11-9-19(15-22)8-5-10-21(14-19)13-17-6-3-2-4-7-17/h2-4,6-7,16H,5,8-15,20H2,1H3. The van der Waals surface area contributed by atoms with E-state index in [2.05, 4.69) is 40.1 Å². The molecule has 2 heterocycles. The van der Waals surface area contributed by atoms with Gasteiger partial charge in [0.1, 0.15) is 0 Å². The van der Waals surface area contributed by atoms with E-state index in [4.69, 9.17) is 5.73 Å². The third-order valence-electron chi connectivity index (χ3n) is 5.51. The molecule has 1 aromatic rings. The molecule has 0 aliphatic carbocycles. The maximum absolute atomic E-state index is 12.4. The Hall–Kier alpha value is -1.39. The monoisotopic (exact) mass is 315 g/mol. The number of nitrogens with two attached hydrogens (primary N) is 1. The van der Waals surface area contributed by atoms with Crippen LogP contribution in [0, 0.1) is 11.3 Å². The summed E-state index contributed by atoms with van der Waals surface area (Å²) in [7, 11) is 0. The third-order valence-corrected chi connectivity index (χ3v) is 5.51. The lowest BCUT2D eigenvalue weighted by molar-refractivity contribution is -0.134. The van der Waals surface area contributed by atoms with Crippen LogP contribution in [0.25, 0.3) is 0 Å². The first-order valence-corrected chi connectivity index (χ1v) is 8.87. The summed E-state index contributed by atoms with van der Waals surface area (Å²) in [5, 5.41) is 0. The number of likely N-dealkylation sites (tertiary alicyclic amines) is 2. The molecule has 23 heavy (non-hydrogen) atoms. The summed E-state index contributed by atoms with van der Waals surface area (Å²) < 4.78 is 0. The molecule has 2 aliphatic heterocycles. The summed E-state index contributed by atoms with van der Waals surface area (Å²) in [6.07, 6.45) is 3.63. The SMILES string of the molecule is CC(CN)C(=O)N1CCC2(CCCN(Cc3ccccc3)C2)C1. The number of amides is 1. The predicted molar refractivity (Wildman–Crippen MR) is 92.8 cm³/mol. The van der Waals surface area contributed by atoms with Crippen molar-refractivity contribution in [3.05, 3.63) is 35.9 Å². The Labute approximate surface area is 139 Å². The fraction of sp³-hybridized carbons (Fsp3) is 0.632. The molecule has 4 nitrogen and oxygen atoms in total. The molecular weight excluding hydrogens is 286 g/mol. The molecule has 0 saturated carbocycles. The van der Waals surface area contributed by atoms with Crippen molar-refractivity contribution < 1.29 is 4.79 Å². The molecule has 2 unspecified atom stereocenters. The Morgan fingerprint density at radius 3 is 2.74 bits per heavy atom. The van der Waals surface area contributed by atoms with Gasteiger partial charge in [0.05, 0.1) is 0 Å². The number of hydrogen-bond donors (Lipinski definition) is 1. The molecule has 3 rings (SSSR count). The number of benzene rings is 1. The summed E-state index contributed by atoms with van der Waals surface area (Å²) in [5.74, 6) is 0.193. The first-order valence-electron chi connectivity index (χ1n) is 8.87. The van der Waals surface area contributed by atoms with Crippen molar-refractivity contribution in [2.24, 2.45) is 17.1 Å². The van der Waals surface area contributed by atoms with Crippen LogP contribution in [0.4, 0.5) is 0 Å². The van der Waals surface area contributed by atoms with Crippen molar-refractivity contribution in [2.45, 2.75) is 32.7 Å². The summed E-state index contributed by atoms with van der Waals surface area (Å²) in [4.78, 5) is 17.0. The van der Waals surface area contributed by atoms with Crippen molar-refractivity contribution in [3.8, 4) is 0 Å². The number of hydrogen-bond acceptors (Lipinski definition) is 3. The zero-order valence-corrected chi connectivity index (χ0v) is 14.2. The van der Waals surface area contributed by atoms with Crippen LogP contribution in [-0.2, 0) is 11.3 Å². The predicted octanol–water partition coefficient (Wildman–Crippen LogP) is 2.10. The number of carbonyl (C=O) groups excluding carboxylic acids is 1. The molecule has 0 radical (unpaired) electrons. The third kappa shape index (κ3) is 3.75. The van der Waals surface area contributed by atoms with Gasteiger partial charge in [0, 0.05) is 44.1 Å². The fourth-order valence-electron chi connectivity index (χ4n) is 4.16. The van der Waals surface area contributed by atoms with Crippen molar-refractivity contribution >= 4 is 5.91 Å². The van der Waals surface area contributed by atoms with E-state index < -0.39 is 0 Å². The van der Waals surface area contributed by atoms with Crippen LogP contribution in [0.2, 0.25) is 0 Å². The molecule has 0 bridgehead atoms. The second-order valence-corrected chi connectivity index (χ2v) is 7.45. The van der Waals surface area contributed by atoms with Crippen molar-refractivity contribution in [3.63, 3.8) is 0 Å². The number of piperidine rings is 1. The van der Waals surface area contributed by atoms with Gasteiger partial charge in [-0.3, -0.25) is 9.69 Å². The van der Waals surface area contributed by atoms with Crippen LogP contribution in [0.5, 0.6) is 0 Å². The lowest BCUT2D eigenvalue weighted by Crippen LogP contribution is -2.45.